The fraction of sp³-hybridized carbons (Fsp3) is 1.00. The standard InChI is InChI=1S/C8H19NO/c1-7(2)8(10)5-6-9(3)4/h7-8,10H,5-6H2,1-4H3/t8-/m0/s1. The average Bonchev–Trinajstić information content (AvgIpc) is 1.82. The largest absolute Gasteiger partial charge is 0.393 e. The van der Waals surface area contributed by atoms with Gasteiger partial charge < -0.3 is 10.0 Å². The summed E-state index contributed by atoms with van der Waals surface area (Å²) in [6, 6.07) is 0. The molecule has 2 heteroatoms. The van der Waals surface area contributed by atoms with E-state index in [0.717, 1.165) is 13.0 Å². The van der Waals surface area contributed by atoms with Gasteiger partial charge in [-0.25, -0.2) is 0 Å². The van der Waals surface area contributed by atoms with Crippen molar-refractivity contribution >= 4 is 0 Å². The Morgan fingerprint density at radius 2 is 1.80 bits per heavy atom. The number of hydrogen-bond donors (Lipinski definition) is 1. The Hall–Kier alpha value is -0.0800. The van der Waals surface area contributed by atoms with E-state index in [2.05, 4.69) is 4.90 Å². The second-order valence-electron chi connectivity index (χ2n) is 3.40. The van der Waals surface area contributed by atoms with Crippen LogP contribution < -0.4 is 0 Å². The molecule has 1 atom stereocenters. The zero-order valence-electron chi connectivity index (χ0n) is 7.46. The summed E-state index contributed by atoms with van der Waals surface area (Å²) in [6.45, 7) is 5.06. The maximum absolute atomic E-state index is 9.35. The number of nitrogens with zero attached hydrogens (tertiary/aromatic N) is 1. The predicted molar refractivity (Wildman–Crippen MR) is 44.0 cm³/mol. The average molecular weight is 145 g/mol. The van der Waals surface area contributed by atoms with Gasteiger partial charge in [0.2, 0.25) is 0 Å². The highest BCUT2D eigenvalue weighted by molar-refractivity contribution is 4.60. The third-order valence-electron chi connectivity index (χ3n) is 1.64. The molecule has 0 aromatic heterocycles. The van der Waals surface area contributed by atoms with Gasteiger partial charge >= 0.3 is 0 Å². The maximum atomic E-state index is 9.35. The molecular formula is C8H19NO. The van der Waals surface area contributed by atoms with Gasteiger partial charge in [-0.3, -0.25) is 0 Å². The second-order valence-corrected chi connectivity index (χ2v) is 3.40. The van der Waals surface area contributed by atoms with Gasteiger partial charge in [-0.15, -0.1) is 0 Å². The van der Waals surface area contributed by atoms with Crippen molar-refractivity contribution in [3.05, 3.63) is 0 Å². The molecule has 0 bridgehead atoms. The first-order valence-electron chi connectivity index (χ1n) is 3.87. The molecule has 0 radical (unpaired) electrons. The summed E-state index contributed by atoms with van der Waals surface area (Å²) in [5.74, 6) is 0.389. The molecule has 0 amide bonds. The molecule has 62 valence electrons. The summed E-state index contributed by atoms with van der Waals surface area (Å²) in [6.07, 6.45) is 0.743. The topological polar surface area (TPSA) is 23.5 Å². The van der Waals surface area contributed by atoms with Gasteiger partial charge in [0.15, 0.2) is 0 Å². The van der Waals surface area contributed by atoms with Crippen LogP contribution in [0.2, 0.25) is 0 Å². The molecular weight excluding hydrogens is 126 g/mol. The first-order chi connectivity index (χ1) is 4.54. The van der Waals surface area contributed by atoms with Crippen LogP contribution in [0.4, 0.5) is 0 Å². The van der Waals surface area contributed by atoms with Gasteiger partial charge in [-0.05, 0) is 33.0 Å². The molecule has 0 saturated heterocycles. The lowest BCUT2D eigenvalue weighted by Crippen LogP contribution is -2.22. The first-order valence-corrected chi connectivity index (χ1v) is 3.87. The Balaban J connectivity index is 3.30. The smallest absolute Gasteiger partial charge is 0.0575 e. The van der Waals surface area contributed by atoms with Crippen LogP contribution in [0, 0.1) is 5.92 Å². The predicted octanol–water partition coefficient (Wildman–Crippen LogP) is 0.955. The number of aliphatic hydroxyl groups is 1. The molecule has 0 aliphatic heterocycles. The monoisotopic (exact) mass is 145 g/mol. The molecule has 0 rings (SSSR count). The van der Waals surface area contributed by atoms with E-state index in [4.69, 9.17) is 0 Å². The highest BCUT2D eigenvalue weighted by Gasteiger charge is 2.08. The highest BCUT2D eigenvalue weighted by Crippen LogP contribution is 2.04. The number of aliphatic hydroxyl groups excluding tert-OH is 1. The molecule has 2 nitrogen and oxygen atoms in total. The lowest BCUT2D eigenvalue weighted by atomic mass is 10.0. The van der Waals surface area contributed by atoms with Crippen molar-refractivity contribution < 1.29 is 5.11 Å². The maximum Gasteiger partial charge on any atom is 0.0575 e. The van der Waals surface area contributed by atoms with Crippen LogP contribution in [-0.2, 0) is 0 Å². The minimum atomic E-state index is -0.137. The summed E-state index contributed by atoms with van der Waals surface area (Å²) >= 11 is 0. The summed E-state index contributed by atoms with van der Waals surface area (Å²) in [7, 11) is 4.04. The van der Waals surface area contributed by atoms with E-state index in [1.165, 1.54) is 0 Å². The van der Waals surface area contributed by atoms with Crippen LogP contribution in [0.5, 0.6) is 0 Å². The summed E-state index contributed by atoms with van der Waals surface area (Å²) in [5, 5.41) is 9.35. The van der Waals surface area contributed by atoms with Gasteiger partial charge in [-0.2, -0.15) is 0 Å². The van der Waals surface area contributed by atoms with Gasteiger partial charge in [-0.1, -0.05) is 13.8 Å². The van der Waals surface area contributed by atoms with Crippen LogP contribution in [0.15, 0.2) is 0 Å². The summed E-state index contributed by atoms with van der Waals surface area (Å²) < 4.78 is 0. The van der Waals surface area contributed by atoms with E-state index < -0.39 is 0 Å². The Morgan fingerprint density at radius 1 is 1.30 bits per heavy atom. The minimum absolute atomic E-state index is 0.137. The van der Waals surface area contributed by atoms with Crippen molar-refractivity contribution in [1.82, 2.24) is 4.90 Å². The van der Waals surface area contributed by atoms with Crippen molar-refractivity contribution in [2.45, 2.75) is 26.4 Å². The molecule has 10 heavy (non-hydrogen) atoms. The van der Waals surface area contributed by atoms with Gasteiger partial charge in [0, 0.05) is 0 Å². The first kappa shape index (κ1) is 9.92. The van der Waals surface area contributed by atoms with Crippen LogP contribution >= 0.6 is 0 Å². The molecule has 0 aliphatic rings. The third kappa shape index (κ3) is 4.77. The summed E-state index contributed by atoms with van der Waals surface area (Å²) in [5.41, 5.74) is 0. The van der Waals surface area contributed by atoms with E-state index >= 15 is 0 Å². The Labute approximate surface area is 63.8 Å². The molecule has 0 aromatic carbocycles. The lowest BCUT2D eigenvalue weighted by molar-refractivity contribution is 0.107. The van der Waals surface area contributed by atoms with E-state index in [-0.39, 0.29) is 6.10 Å². The van der Waals surface area contributed by atoms with E-state index in [0.29, 0.717) is 5.92 Å². The molecule has 0 spiro atoms. The Kier molecular flexibility index (Phi) is 4.65. The van der Waals surface area contributed by atoms with Crippen LogP contribution in [0.3, 0.4) is 0 Å². The van der Waals surface area contributed by atoms with E-state index in [1.54, 1.807) is 0 Å². The fourth-order valence-electron chi connectivity index (χ4n) is 0.724. The molecule has 0 heterocycles. The number of hydrogen-bond acceptors (Lipinski definition) is 2. The molecule has 0 fully saturated rings. The lowest BCUT2D eigenvalue weighted by Gasteiger charge is -2.16. The quantitative estimate of drug-likeness (QED) is 0.637. The summed E-state index contributed by atoms with van der Waals surface area (Å²) in [4.78, 5) is 2.09. The Bertz CT molecular complexity index is 81.3. The molecule has 0 saturated carbocycles. The van der Waals surface area contributed by atoms with Crippen molar-refractivity contribution in [2.75, 3.05) is 20.6 Å². The molecule has 0 unspecified atom stereocenters. The van der Waals surface area contributed by atoms with Crippen molar-refractivity contribution in [2.24, 2.45) is 5.92 Å². The Morgan fingerprint density at radius 3 is 2.10 bits per heavy atom. The van der Waals surface area contributed by atoms with Crippen molar-refractivity contribution in [3.8, 4) is 0 Å². The van der Waals surface area contributed by atoms with E-state index in [1.807, 2.05) is 27.9 Å². The van der Waals surface area contributed by atoms with Crippen molar-refractivity contribution in [1.29, 1.82) is 0 Å². The zero-order chi connectivity index (χ0) is 8.15. The zero-order valence-corrected chi connectivity index (χ0v) is 7.46. The molecule has 1 N–H and O–H groups in total. The second kappa shape index (κ2) is 4.69. The van der Waals surface area contributed by atoms with Crippen LogP contribution in [0.1, 0.15) is 20.3 Å². The normalized spacial score (nSPS) is 14.7. The minimum Gasteiger partial charge on any atom is -0.393 e. The highest BCUT2D eigenvalue weighted by atomic mass is 16.3. The van der Waals surface area contributed by atoms with Crippen LogP contribution in [-0.4, -0.2) is 36.8 Å². The number of rotatable bonds is 4. The van der Waals surface area contributed by atoms with Crippen molar-refractivity contribution in [3.63, 3.8) is 0 Å². The van der Waals surface area contributed by atoms with Gasteiger partial charge in [0.1, 0.15) is 0 Å². The SMILES string of the molecule is CC(C)[C@@H](O)CCN(C)C. The molecule has 0 aromatic rings. The van der Waals surface area contributed by atoms with Crippen LogP contribution in [0.25, 0.3) is 0 Å². The third-order valence-corrected chi connectivity index (χ3v) is 1.64. The van der Waals surface area contributed by atoms with Gasteiger partial charge in [0.25, 0.3) is 0 Å². The fourth-order valence-corrected chi connectivity index (χ4v) is 0.724. The molecule has 0 aliphatic carbocycles. The van der Waals surface area contributed by atoms with Gasteiger partial charge in [0.05, 0.1) is 6.10 Å². The van der Waals surface area contributed by atoms with E-state index in [9.17, 15) is 5.11 Å².